The number of hydrogen-bond acceptors (Lipinski definition) is 3. The number of methoxy groups -OCH3 is 1. The van der Waals surface area contributed by atoms with Crippen molar-refractivity contribution >= 4 is 21.6 Å². The second-order valence-corrected chi connectivity index (χ2v) is 7.47. The van der Waals surface area contributed by atoms with Crippen LogP contribution in [0.1, 0.15) is 27.7 Å². The maximum absolute atomic E-state index is 5.40. The van der Waals surface area contributed by atoms with Crippen LogP contribution in [0.3, 0.4) is 0 Å². The number of hydrogen-bond donors (Lipinski definition) is 1. The van der Waals surface area contributed by atoms with E-state index in [4.69, 9.17) is 4.74 Å². The molecular formula is C16H25BrN2O. The number of rotatable bonds is 3. The number of nitrogens with zero attached hydrogens (tertiary/aromatic N) is 1. The van der Waals surface area contributed by atoms with Crippen molar-refractivity contribution in [3.05, 3.63) is 22.7 Å². The molecule has 1 aliphatic heterocycles. The summed E-state index contributed by atoms with van der Waals surface area (Å²) in [6.45, 7) is 11.1. The molecule has 0 saturated carbocycles. The molecule has 4 heteroatoms. The van der Waals surface area contributed by atoms with Gasteiger partial charge in [0.1, 0.15) is 5.75 Å². The van der Waals surface area contributed by atoms with E-state index in [9.17, 15) is 0 Å². The normalized spacial score (nSPS) is 22.1. The van der Waals surface area contributed by atoms with Gasteiger partial charge >= 0.3 is 0 Å². The Morgan fingerprint density at radius 1 is 1.35 bits per heavy atom. The molecule has 1 unspecified atom stereocenters. The van der Waals surface area contributed by atoms with E-state index in [0.29, 0.717) is 12.0 Å². The zero-order valence-electron chi connectivity index (χ0n) is 13.0. The van der Waals surface area contributed by atoms with E-state index in [-0.39, 0.29) is 5.54 Å². The van der Waals surface area contributed by atoms with Crippen molar-refractivity contribution in [1.82, 2.24) is 5.32 Å². The van der Waals surface area contributed by atoms with Crippen LogP contribution in [0.4, 0.5) is 5.69 Å². The third-order valence-corrected chi connectivity index (χ3v) is 4.41. The van der Waals surface area contributed by atoms with Crippen molar-refractivity contribution in [2.24, 2.45) is 5.92 Å². The van der Waals surface area contributed by atoms with Crippen LogP contribution in [0.15, 0.2) is 22.7 Å². The fourth-order valence-electron chi connectivity index (χ4n) is 2.80. The Morgan fingerprint density at radius 3 is 2.65 bits per heavy atom. The first kappa shape index (κ1) is 15.6. The minimum absolute atomic E-state index is 0.126. The lowest BCUT2D eigenvalue weighted by atomic mass is 9.92. The molecule has 1 N–H and O–H groups in total. The molecule has 0 bridgehead atoms. The molecule has 0 spiro atoms. The fraction of sp³-hybridized carbons (Fsp3) is 0.625. The first-order chi connectivity index (χ1) is 9.32. The lowest BCUT2D eigenvalue weighted by Gasteiger charge is -2.47. The topological polar surface area (TPSA) is 24.5 Å². The summed E-state index contributed by atoms with van der Waals surface area (Å²) in [6.07, 6.45) is 0. The Labute approximate surface area is 130 Å². The molecule has 0 amide bonds. The summed E-state index contributed by atoms with van der Waals surface area (Å²) >= 11 is 3.58. The maximum Gasteiger partial charge on any atom is 0.122 e. The molecule has 1 atom stereocenters. The second kappa shape index (κ2) is 5.94. The van der Waals surface area contributed by atoms with Crippen LogP contribution < -0.4 is 15.0 Å². The molecule has 1 fully saturated rings. The fourth-order valence-corrected chi connectivity index (χ4v) is 3.26. The molecule has 0 aromatic heterocycles. The van der Waals surface area contributed by atoms with E-state index in [0.717, 1.165) is 23.3 Å². The molecule has 0 radical (unpaired) electrons. The predicted octanol–water partition coefficient (Wildman–Crippen LogP) is 3.67. The SMILES string of the molecule is COc1cc(Br)cc(N2CC(C)(C)NCC2C(C)C)c1. The van der Waals surface area contributed by atoms with Gasteiger partial charge in [-0.3, -0.25) is 0 Å². The van der Waals surface area contributed by atoms with E-state index in [1.807, 2.05) is 6.07 Å². The zero-order chi connectivity index (χ0) is 14.9. The Kier molecular flexibility index (Phi) is 4.65. The van der Waals surface area contributed by atoms with Gasteiger partial charge in [-0.25, -0.2) is 0 Å². The molecule has 0 aliphatic carbocycles. The summed E-state index contributed by atoms with van der Waals surface area (Å²) in [5, 5.41) is 3.65. The van der Waals surface area contributed by atoms with Gasteiger partial charge in [0.2, 0.25) is 0 Å². The molecular weight excluding hydrogens is 316 g/mol. The molecule has 1 aromatic carbocycles. The Balaban J connectivity index is 2.37. The summed E-state index contributed by atoms with van der Waals surface area (Å²) in [7, 11) is 1.72. The van der Waals surface area contributed by atoms with E-state index in [1.54, 1.807) is 7.11 Å². The highest BCUT2D eigenvalue weighted by Gasteiger charge is 2.34. The average Bonchev–Trinajstić information content (AvgIpc) is 2.36. The van der Waals surface area contributed by atoms with Crippen LogP contribution >= 0.6 is 15.9 Å². The third-order valence-electron chi connectivity index (χ3n) is 3.95. The Bertz CT molecular complexity index is 474. The maximum atomic E-state index is 5.40. The lowest BCUT2D eigenvalue weighted by Crippen LogP contribution is -2.63. The Morgan fingerprint density at radius 2 is 2.05 bits per heavy atom. The highest BCUT2D eigenvalue weighted by Crippen LogP contribution is 2.32. The van der Waals surface area contributed by atoms with Crippen LogP contribution in [0.25, 0.3) is 0 Å². The minimum Gasteiger partial charge on any atom is -0.497 e. The van der Waals surface area contributed by atoms with E-state index in [2.05, 4.69) is 66.0 Å². The molecule has 112 valence electrons. The molecule has 1 heterocycles. The van der Waals surface area contributed by atoms with Gasteiger partial charge in [0.05, 0.1) is 7.11 Å². The van der Waals surface area contributed by atoms with Crippen molar-refractivity contribution in [2.45, 2.75) is 39.3 Å². The summed E-state index contributed by atoms with van der Waals surface area (Å²) < 4.78 is 6.46. The van der Waals surface area contributed by atoms with E-state index >= 15 is 0 Å². The molecule has 2 rings (SSSR count). The molecule has 1 aromatic rings. The van der Waals surface area contributed by atoms with E-state index in [1.165, 1.54) is 5.69 Å². The van der Waals surface area contributed by atoms with Gasteiger partial charge in [-0.1, -0.05) is 29.8 Å². The second-order valence-electron chi connectivity index (χ2n) is 6.55. The number of benzene rings is 1. The summed E-state index contributed by atoms with van der Waals surface area (Å²) in [6, 6.07) is 6.81. The highest BCUT2D eigenvalue weighted by molar-refractivity contribution is 9.10. The number of ether oxygens (including phenoxy) is 1. The smallest absolute Gasteiger partial charge is 0.122 e. The van der Waals surface area contributed by atoms with E-state index < -0.39 is 0 Å². The number of anilines is 1. The van der Waals surface area contributed by atoms with Gasteiger partial charge in [0, 0.05) is 40.9 Å². The number of nitrogens with one attached hydrogen (secondary N) is 1. The molecule has 1 saturated heterocycles. The molecule has 3 nitrogen and oxygen atoms in total. The minimum atomic E-state index is 0.126. The lowest BCUT2D eigenvalue weighted by molar-refractivity contribution is 0.277. The van der Waals surface area contributed by atoms with Crippen LogP contribution in [-0.2, 0) is 0 Å². The molecule has 20 heavy (non-hydrogen) atoms. The van der Waals surface area contributed by atoms with Gasteiger partial charge in [-0.15, -0.1) is 0 Å². The van der Waals surface area contributed by atoms with Crippen molar-refractivity contribution in [2.75, 3.05) is 25.1 Å². The van der Waals surface area contributed by atoms with Crippen LogP contribution in [0.2, 0.25) is 0 Å². The first-order valence-corrected chi connectivity index (χ1v) is 7.98. The van der Waals surface area contributed by atoms with Gasteiger partial charge < -0.3 is 15.0 Å². The summed E-state index contributed by atoms with van der Waals surface area (Å²) in [5.41, 5.74) is 1.35. The molecule has 1 aliphatic rings. The van der Waals surface area contributed by atoms with Gasteiger partial charge in [0.25, 0.3) is 0 Å². The highest BCUT2D eigenvalue weighted by atomic mass is 79.9. The Hall–Kier alpha value is -0.740. The standard InChI is InChI=1S/C16H25BrN2O/c1-11(2)15-9-18-16(3,4)10-19(15)13-6-12(17)7-14(8-13)20-5/h6-8,11,15,18H,9-10H2,1-5H3. The largest absolute Gasteiger partial charge is 0.497 e. The van der Waals surface area contributed by atoms with Gasteiger partial charge in [-0.2, -0.15) is 0 Å². The van der Waals surface area contributed by atoms with Crippen molar-refractivity contribution in [3.63, 3.8) is 0 Å². The van der Waals surface area contributed by atoms with Crippen LogP contribution in [0.5, 0.6) is 5.75 Å². The van der Waals surface area contributed by atoms with Crippen LogP contribution in [0, 0.1) is 5.92 Å². The summed E-state index contributed by atoms with van der Waals surface area (Å²) in [4.78, 5) is 2.51. The number of halogens is 1. The number of piperazine rings is 1. The van der Waals surface area contributed by atoms with Gasteiger partial charge in [0.15, 0.2) is 0 Å². The quantitative estimate of drug-likeness (QED) is 0.908. The predicted molar refractivity (Wildman–Crippen MR) is 88.7 cm³/mol. The third kappa shape index (κ3) is 3.47. The van der Waals surface area contributed by atoms with Crippen molar-refractivity contribution in [3.8, 4) is 5.75 Å². The van der Waals surface area contributed by atoms with Gasteiger partial charge in [-0.05, 0) is 31.9 Å². The monoisotopic (exact) mass is 340 g/mol. The average molecular weight is 341 g/mol. The van der Waals surface area contributed by atoms with Crippen molar-refractivity contribution in [1.29, 1.82) is 0 Å². The van der Waals surface area contributed by atoms with Crippen LogP contribution in [-0.4, -0.2) is 31.8 Å². The van der Waals surface area contributed by atoms with Crippen molar-refractivity contribution < 1.29 is 4.74 Å². The zero-order valence-corrected chi connectivity index (χ0v) is 14.6. The first-order valence-electron chi connectivity index (χ1n) is 7.18. The summed E-state index contributed by atoms with van der Waals surface area (Å²) in [5.74, 6) is 1.50.